The lowest BCUT2D eigenvalue weighted by Crippen LogP contribution is -2.50. The van der Waals surface area contributed by atoms with E-state index in [4.69, 9.17) is 0 Å². The van der Waals surface area contributed by atoms with Gasteiger partial charge in [-0.25, -0.2) is 0 Å². The van der Waals surface area contributed by atoms with Crippen LogP contribution in [-0.4, -0.2) is 30.7 Å². The summed E-state index contributed by atoms with van der Waals surface area (Å²) in [4.78, 5) is 0. The van der Waals surface area contributed by atoms with Crippen molar-refractivity contribution < 1.29 is 4.48 Å². The Labute approximate surface area is 301 Å². The minimum Gasteiger partial charge on any atom is -0.324 e. The molecule has 0 bridgehead atoms. The van der Waals surface area contributed by atoms with Crippen LogP contribution in [0.2, 0.25) is 0 Å². The molecule has 1 heteroatoms. The quantitative estimate of drug-likeness (QED) is 0.0451. The minimum atomic E-state index is 1.37. The van der Waals surface area contributed by atoms with Crippen molar-refractivity contribution in [1.82, 2.24) is 0 Å². The largest absolute Gasteiger partial charge is 0.324 e. The van der Waals surface area contributed by atoms with E-state index in [9.17, 15) is 0 Å². The minimum absolute atomic E-state index is 1.37. The van der Waals surface area contributed by atoms with E-state index < -0.39 is 0 Å². The predicted octanol–water partition coefficient (Wildman–Crippen LogP) is 16.7. The van der Waals surface area contributed by atoms with Gasteiger partial charge < -0.3 is 4.48 Å². The lowest BCUT2D eigenvalue weighted by molar-refractivity contribution is -0.929. The molecule has 0 radical (unpaired) electrons. The molecule has 0 amide bonds. The summed E-state index contributed by atoms with van der Waals surface area (Å²) in [5.41, 5.74) is 0. The molecule has 0 aromatic heterocycles. The lowest BCUT2D eigenvalue weighted by atomic mass is 10.0. The summed E-state index contributed by atoms with van der Waals surface area (Å²) < 4.78 is 1.49. The summed E-state index contributed by atoms with van der Waals surface area (Å²) in [6.07, 6.45) is 55.7. The van der Waals surface area contributed by atoms with Crippen molar-refractivity contribution in [3.8, 4) is 0 Å². The van der Waals surface area contributed by atoms with Gasteiger partial charge in [0.2, 0.25) is 0 Å². The first-order chi connectivity index (χ1) is 23.2. The molecule has 0 aliphatic heterocycles. The second kappa shape index (κ2) is 40.4. The maximum atomic E-state index is 2.34. The molecule has 0 spiro atoms. The highest BCUT2D eigenvalue weighted by molar-refractivity contribution is 4.56. The molecule has 0 aliphatic rings. The van der Waals surface area contributed by atoms with E-state index in [0.29, 0.717) is 0 Å². The van der Waals surface area contributed by atoms with Crippen molar-refractivity contribution in [2.24, 2.45) is 0 Å². The summed E-state index contributed by atoms with van der Waals surface area (Å²) in [6.45, 7) is 15.3. The van der Waals surface area contributed by atoms with Gasteiger partial charge in [0.15, 0.2) is 0 Å². The maximum Gasteiger partial charge on any atom is 0.0786 e. The molecular weight excluding hydrogens is 567 g/mol. The maximum absolute atomic E-state index is 2.34. The van der Waals surface area contributed by atoms with E-state index in [1.165, 1.54) is 275 Å². The number of nitrogens with zero attached hydrogens (tertiary/aromatic N) is 1. The fourth-order valence-corrected chi connectivity index (χ4v) is 8.06. The molecule has 47 heavy (non-hydrogen) atoms. The van der Waals surface area contributed by atoms with E-state index in [-0.39, 0.29) is 0 Å². The second-order valence-corrected chi connectivity index (χ2v) is 16.3. The molecule has 0 unspecified atom stereocenters. The molecule has 0 fully saturated rings. The highest BCUT2D eigenvalue weighted by atomic mass is 15.3. The van der Waals surface area contributed by atoms with Crippen LogP contribution in [-0.2, 0) is 0 Å². The van der Waals surface area contributed by atoms with Crippen LogP contribution < -0.4 is 0 Å². The monoisotopic (exact) mass is 663 g/mol. The van der Waals surface area contributed by atoms with Gasteiger partial charge in [-0.1, -0.05) is 220 Å². The van der Waals surface area contributed by atoms with E-state index >= 15 is 0 Å². The zero-order valence-corrected chi connectivity index (χ0v) is 34.1. The zero-order chi connectivity index (χ0) is 34.2. The highest BCUT2D eigenvalue weighted by Gasteiger charge is 2.25. The van der Waals surface area contributed by atoms with E-state index in [1.807, 2.05) is 0 Å². The first-order valence-corrected chi connectivity index (χ1v) is 23.1. The molecule has 1 nitrogen and oxygen atoms in total. The summed E-state index contributed by atoms with van der Waals surface area (Å²) in [6, 6.07) is 0. The van der Waals surface area contributed by atoms with Crippen LogP contribution in [0.4, 0.5) is 0 Å². The molecule has 0 N–H and O–H groups in total. The molecular formula is C46H96N+. The molecule has 0 aliphatic carbocycles. The second-order valence-electron chi connectivity index (χ2n) is 16.3. The van der Waals surface area contributed by atoms with Crippen molar-refractivity contribution >= 4 is 0 Å². The average Bonchev–Trinajstić information content (AvgIpc) is 3.08. The smallest absolute Gasteiger partial charge is 0.0786 e. The Kier molecular flexibility index (Phi) is 40.4. The van der Waals surface area contributed by atoms with Crippen LogP contribution in [0.1, 0.15) is 272 Å². The van der Waals surface area contributed by atoms with Gasteiger partial charge in [-0.2, -0.15) is 0 Å². The van der Waals surface area contributed by atoms with Crippen molar-refractivity contribution in [2.75, 3.05) is 26.2 Å². The van der Waals surface area contributed by atoms with Gasteiger partial charge in [0.1, 0.15) is 0 Å². The summed E-state index contributed by atoms with van der Waals surface area (Å²) >= 11 is 0. The van der Waals surface area contributed by atoms with Gasteiger partial charge in [0.05, 0.1) is 26.2 Å². The number of rotatable bonds is 42. The number of quaternary nitrogens is 1. The van der Waals surface area contributed by atoms with Gasteiger partial charge in [0, 0.05) is 0 Å². The van der Waals surface area contributed by atoms with Gasteiger partial charge >= 0.3 is 0 Å². The molecule has 0 saturated heterocycles. The van der Waals surface area contributed by atoms with Crippen LogP contribution in [0, 0.1) is 0 Å². The lowest BCUT2D eigenvalue weighted by Gasteiger charge is -2.40. The Balaban J connectivity index is 4.84. The number of hydrogen-bond donors (Lipinski definition) is 0. The topological polar surface area (TPSA) is 0 Å². The average molecular weight is 663 g/mol. The van der Waals surface area contributed by atoms with Gasteiger partial charge in [0.25, 0.3) is 0 Å². The standard InChI is InChI=1S/C46H96N/c1-5-9-13-17-21-25-28-32-36-40-44-47(43-39-35-31-24-20-16-12-8-4,45-41-37-33-29-26-22-18-14-10-6-2)46-42-38-34-30-27-23-19-15-11-7-3/h5-46H2,1-4H3/q+1. The first-order valence-electron chi connectivity index (χ1n) is 23.1. The van der Waals surface area contributed by atoms with Gasteiger partial charge in [-0.15, -0.1) is 0 Å². The van der Waals surface area contributed by atoms with Crippen LogP contribution in [0.3, 0.4) is 0 Å². The third kappa shape index (κ3) is 35.6. The molecule has 0 saturated carbocycles. The van der Waals surface area contributed by atoms with Crippen LogP contribution in [0.15, 0.2) is 0 Å². The van der Waals surface area contributed by atoms with Crippen molar-refractivity contribution in [3.63, 3.8) is 0 Å². The Bertz CT molecular complexity index is 481. The van der Waals surface area contributed by atoms with Crippen LogP contribution in [0.25, 0.3) is 0 Å². The third-order valence-electron chi connectivity index (χ3n) is 11.4. The number of hydrogen-bond acceptors (Lipinski definition) is 0. The third-order valence-corrected chi connectivity index (χ3v) is 11.4. The molecule has 0 rings (SSSR count). The molecule has 284 valence electrons. The van der Waals surface area contributed by atoms with Crippen LogP contribution in [0.5, 0.6) is 0 Å². The summed E-state index contributed by atoms with van der Waals surface area (Å²) in [7, 11) is 0. The normalized spacial score (nSPS) is 12.0. The van der Waals surface area contributed by atoms with Crippen molar-refractivity contribution in [1.29, 1.82) is 0 Å². The van der Waals surface area contributed by atoms with E-state index in [1.54, 1.807) is 0 Å². The first kappa shape index (κ1) is 47.0. The highest BCUT2D eigenvalue weighted by Crippen LogP contribution is 2.22. The summed E-state index contributed by atoms with van der Waals surface area (Å²) in [5, 5.41) is 0. The Morgan fingerprint density at radius 1 is 0.170 bits per heavy atom. The fraction of sp³-hybridized carbons (Fsp3) is 1.00. The fourth-order valence-electron chi connectivity index (χ4n) is 8.06. The zero-order valence-electron chi connectivity index (χ0n) is 34.1. The van der Waals surface area contributed by atoms with Crippen LogP contribution >= 0.6 is 0 Å². The predicted molar refractivity (Wildman–Crippen MR) is 218 cm³/mol. The van der Waals surface area contributed by atoms with E-state index in [0.717, 1.165) is 0 Å². The Morgan fingerprint density at radius 2 is 0.298 bits per heavy atom. The van der Waals surface area contributed by atoms with E-state index in [2.05, 4.69) is 27.7 Å². The van der Waals surface area contributed by atoms with Gasteiger partial charge in [-0.05, 0) is 51.4 Å². The molecule has 0 aromatic rings. The molecule has 0 atom stereocenters. The SMILES string of the molecule is CCCCCCCCCCCC[N+](CCCCCCCCCC)(CCCCCCCCCCCC)CCCCCCCCCCCC. The molecule has 0 aromatic carbocycles. The summed E-state index contributed by atoms with van der Waals surface area (Å²) in [5.74, 6) is 0. The van der Waals surface area contributed by atoms with Gasteiger partial charge in [-0.3, -0.25) is 0 Å². The Morgan fingerprint density at radius 3 is 0.447 bits per heavy atom. The van der Waals surface area contributed by atoms with Crippen molar-refractivity contribution in [3.05, 3.63) is 0 Å². The number of unbranched alkanes of at least 4 members (excludes halogenated alkanes) is 34. The van der Waals surface area contributed by atoms with Crippen molar-refractivity contribution in [2.45, 2.75) is 272 Å². The molecule has 0 heterocycles. The Hall–Kier alpha value is -0.0400.